The summed E-state index contributed by atoms with van der Waals surface area (Å²) < 4.78 is 5.20. The topological polar surface area (TPSA) is 65.0 Å². The van der Waals surface area contributed by atoms with Crippen molar-refractivity contribution in [3.63, 3.8) is 0 Å². The van der Waals surface area contributed by atoms with Gasteiger partial charge in [-0.15, -0.1) is 0 Å². The molecule has 1 saturated heterocycles. The van der Waals surface area contributed by atoms with Crippen LogP contribution in [0.5, 0.6) is 0 Å². The van der Waals surface area contributed by atoms with Crippen LogP contribution < -0.4 is 5.32 Å². The highest BCUT2D eigenvalue weighted by Gasteiger charge is 2.19. The van der Waals surface area contributed by atoms with E-state index in [1.165, 1.54) is 0 Å². The summed E-state index contributed by atoms with van der Waals surface area (Å²) in [6.45, 7) is 9.27. The molecule has 0 bridgehead atoms. The molecule has 1 aliphatic heterocycles. The second-order valence-electron chi connectivity index (χ2n) is 3.72. The highest BCUT2D eigenvalue weighted by molar-refractivity contribution is 5.73. The maximum Gasteiger partial charge on any atom is 0.317 e. The number of aliphatic hydroxyl groups is 1. The van der Waals surface area contributed by atoms with Gasteiger partial charge in [-0.25, -0.2) is 4.79 Å². The molecule has 0 spiro atoms. The minimum absolute atomic E-state index is 0.00354. The van der Waals surface area contributed by atoms with Crippen molar-refractivity contribution in [2.45, 2.75) is 13.8 Å². The van der Waals surface area contributed by atoms with E-state index in [0.29, 0.717) is 13.2 Å². The van der Waals surface area contributed by atoms with Crippen molar-refractivity contribution in [2.75, 3.05) is 59.6 Å². The molecule has 2 amide bonds. The van der Waals surface area contributed by atoms with Gasteiger partial charge < -0.3 is 20.1 Å². The lowest BCUT2D eigenvalue weighted by atomic mass is 10.3. The number of rotatable bonds is 5. The van der Waals surface area contributed by atoms with Crippen molar-refractivity contribution in [1.29, 1.82) is 0 Å². The van der Waals surface area contributed by atoms with E-state index in [2.05, 4.69) is 10.2 Å². The molecule has 6 heteroatoms. The van der Waals surface area contributed by atoms with E-state index in [9.17, 15) is 4.79 Å². The summed E-state index contributed by atoms with van der Waals surface area (Å²) in [4.78, 5) is 15.4. The lowest BCUT2D eigenvalue weighted by Gasteiger charge is -2.34. The molecule has 0 aromatic carbocycles. The minimum Gasteiger partial charge on any atom is -0.394 e. The van der Waals surface area contributed by atoms with E-state index in [-0.39, 0.29) is 12.6 Å². The van der Waals surface area contributed by atoms with Crippen LogP contribution in [0.25, 0.3) is 0 Å². The first-order chi connectivity index (χ1) is 8.77. The van der Waals surface area contributed by atoms with Gasteiger partial charge in [-0.3, -0.25) is 4.90 Å². The number of urea groups is 1. The molecule has 1 aliphatic rings. The number of carbonyl (C=O) groups excluding carboxylic acids is 1. The van der Waals surface area contributed by atoms with Crippen LogP contribution in [0.4, 0.5) is 4.79 Å². The van der Waals surface area contributed by atoms with Crippen LogP contribution in [0.2, 0.25) is 0 Å². The molecule has 1 rings (SSSR count). The lowest BCUT2D eigenvalue weighted by Crippen LogP contribution is -2.51. The van der Waals surface area contributed by atoms with Gasteiger partial charge in [-0.05, 0) is 0 Å². The summed E-state index contributed by atoms with van der Waals surface area (Å²) in [5, 5.41) is 11.2. The average molecular weight is 261 g/mol. The number of aliphatic hydroxyl groups excluding tert-OH is 1. The maximum atomic E-state index is 11.3. The molecule has 0 radical (unpaired) electrons. The Labute approximate surface area is 110 Å². The van der Waals surface area contributed by atoms with Crippen LogP contribution in [0, 0.1) is 0 Å². The summed E-state index contributed by atoms with van der Waals surface area (Å²) in [7, 11) is 1.65. The molecule has 1 fully saturated rings. The Morgan fingerprint density at radius 3 is 2.33 bits per heavy atom. The lowest BCUT2D eigenvalue weighted by molar-refractivity contribution is 0.0620. The fourth-order valence-electron chi connectivity index (χ4n) is 1.69. The van der Waals surface area contributed by atoms with Crippen molar-refractivity contribution in [1.82, 2.24) is 15.1 Å². The summed E-state index contributed by atoms with van der Waals surface area (Å²) in [5.74, 6) is 0. The molecule has 0 aromatic rings. The Kier molecular flexibility index (Phi) is 10.7. The van der Waals surface area contributed by atoms with Crippen molar-refractivity contribution in [3.05, 3.63) is 0 Å². The van der Waals surface area contributed by atoms with Crippen LogP contribution >= 0.6 is 0 Å². The van der Waals surface area contributed by atoms with Gasteiger partial charge >= 0.3 is 6.03 Å². The van der Waals surface area contributed by atoms with Crippen molar-refractivity contribution >= 4 is 6.03 Å². The minimum atomic E-state index is -0.00354. The third-order valence-electron chi connectivity index (χ3n) is 2.66. The van der Waals surface area contributed by atoms with Crippen LogP contribution in [0.1, 0.15) is 13.8 Å². The second-order valence-corrected chi connectivity index (χ2v) is 3.72. The Morgan fingerprint density at radius 1 is 1.22 bits per heavy atom. The summed E-state index contributed by atoms with van der Waals surface area (Å²) >= 11 is 0. The first kappa shape index (κ1) is 17.2. The SMILES string of the molecule is CC.CNC(=O)N1CCN(CCOCCO)CC1. The van der Waals surface area contributed by atoms with Crippen LogP contribution in [-0.4, -0.2) is 80.5 Å². The van der Waals surface area contributed by atoms with Crippen molar-refractivity contribution in [2.24, 2.45) is 0 Å². The number of ether oxygens (including phenoxy) is 1. The largest absolute Gasteiger partial charge is 0.394 e. The molecular formula is C12H27N3O3. The van der Waals surface area contributed by atoms with Crippen molar-refractivity contribution < 1.29 is 14.6 Å². The van der Waals surface area contributed by atoms with E-state index in [4.69, 9.17) is 9.84 Å². The maximum absolute atomic E-state index is 11.3. The fraction of sp³-hybridized carbons (Fsp3) is 0.917. The Morgan fingerprint density at radius 2 is 1.83 bits per heavy atom. The fourth-order valence-corrected chi connectivity index (χ4v) is 1.69. The van der Waals surface area contributed by atoms with Gasteiger partial charge in [0.25, 0.3) is 0 Å². The highest BCUT2D eigenvalue weighted by atomic mass is 16.5. The molecule has 18 heavy (non-hydrogen) atoms. The Balaban J connectivity index is 0.00000137. The van der Waals surface area contributed by atoms with E-state index >= 15 is 0 Å². The van der Waals surface area contributed by atoms with Crippen LogP contribution in [-0.2, 0) is 4.74 Å². The zero-order valence-corrected chi connectivity index (χ0v) is 11.8. The standard InChI is InChI=1S/C10H21N3O3.C2H6/c1-11-10(15)13-4-2-12(3-5-13)6-8-16-9-7-14;1-2/h14H,2-9H2,1H3,(H,11,15);1-2H3. The Bertz CT molecular complexity index is 207. The number of piperazine rings is 1. The van der Waals surface area contributed by atoms with E-state index in [1.807, 2.05) is 18.7 Å². The van der Waals surface area contributed by atoms with E-state index in [1.54, 1.807) is 7.05 Å². The van der Waals surface area contributed by atoms with Crippen LogP contribution in [0.15, 0.2) is 0 Å². The number of carbonyl (C=O) groups is 1. The van der Waals surface area contributed by atoms with Gasteiger partial charge in [0.1, 0.15) is 0 Å². The third-order valence-corrected chi connectivity index (χ3v) is 2.66. The van der Waals surface area contributed by atoms with Gasteiger partial charge in [0.2, 0.25) is 0 Å². The predicted octanol–water partition coefficient (Wildman–Crippen LogP) is -0.0215. The predicted molar refractivity (Wildman–Crippen MR) is 71.7 cm³/mol. The van der Waals surface area contributed by atoms with E-state index in [0.717, 1.165) is 32.7 Å². The first-order valence-corrected chi connectivity index (χ1v) is 6.65. The number of hydrogen-bond donors (Lipinski definition) is 2. The molecule has 6 nitrogen and oxygen atoms in total. The van der Waals surface area contributed by atoms with Gasteiger partial charge in [-0.1, -0.05) is 13.8 Å². The molecule has 0 aromatic heterocycles. The normalized spacial score (nSPS) is 15.9. The molecule has 2 N–H and O–H groups in total. The average Bonchev–Trinajstić information content (AvgIpc) is 2.45. The molecular weight excluding hydrogens is 234 g/mol. The Hall–Kier alpha value is -0.850. The van der Waals surface area contributed by atoms with Crippen molar-refractivity contribution in [3.8, 4) is 0 Å². The van der Waals surface area contributed by atoms with Gasteiger partial charge in [0.15, 0.2) is 0 Å². The number of nitrogens with one attached hydrogen (secondary N) is 1. The van der Waals surface area contributed by atoms with Gasteiger partial charge in [0.05, 0.1) is 19.8 Å². The smallest absolute Gasteiger partial charge is 0.317 e. The van der Waals surface area contributed by atoms with Gasteiger partial charge in [-0.2, -0.15) is 0 Å². The summed E-state index contributed by atoms with van der Waals surface area (Å²) in [5.41, 5.74) is 0. The highest BCUT2D eigenvalue weighted by Crippen LogP contribution is 2.01. The third kappa shape index (κ3) is 6.78. The second kappa shape index (κ2) is 11.3. The molecule has 0 saturated carbocycles. The monoisotopic (exact) mass is 261 g/mol. The molecule has 108 valence electrons. The first-order valence-electron chi connectivity index (χ1n) is 6.65. The number of nitrogens with zero attached hydrogens (tertiary/aromatic N) is 2. The quantitative estimate of drug-likeness (QED) is 0.683. The van der Waals surface area contributed by atoms with Crippen LogP contribution in [0.3, 0.4) is 0 Å². The zero-order valence-electron chi connectivity index (χ0n) is 11.8. The number of hydrogen-bond acceptors (Lipinski definition) is 4. The molecule has 0 atom stereocenters. The summed E-state index contributed by atoms with van der Waals surface area (Å²) in [6, 6.07) is -0.00354. The van der Waals surface area contributed by atoms with Gasteiger partial charge in [0, 0.05) is 39.8 Å². The molecule has 0 unspecified atom stereocenters. The van der Waals surface area contributed by atoms with E-state index < -0.39 is 0 Å². The number of amides is 2. The summed E-state index contributed by atoms with van der Waals surface area (Å²) in [6.07, 6.45) is 0. The molecule has 1 heterocycles. The zero-order chi connectivity index (χ0) is 13.8. The molecule has 0 aliphatic carbocycles.